The molecule has 26 heavy (non-hydrogen) atoms. The van der Waals surface area contributed by atoms with Gasteiger partial charge in [0.15, 0.2) is 5.65 Å². The summed E-state index contributed by atoms with van der Waals surface area (Å²) in [5.41, 5.74) is 4.56. The summed E-state index contributed by atoms with van der Waals surface area (Å²) in [6, 6.07) is 16.1. The van der Waals surface area contributed by atoms with Gasteiger partial charge in [-0.3, -0.25) is 4.79 Å². The van der Waals surface area contributed by atoms with Crippen LogP contribution in [0.15, 0.2) is 48.5 Å². The lowest BCUT2D eigenvalue weighted by Crippen LogP contribution is -2.25. The zero-order valence-corrected chi connectivity index (χ0v) is 14.9. The van der Waals surface area contributed by atoms with Crippen molar-refractivity contribution in [1.82, 2.24) is 19.9 Å². The largest absolute Gasteiger partial charge is 0.356 e. The number of carbonyl (C=O) groups excluding carboxylic acids is 1. The van der Waals surface area contributed by atoms with Gasteiger partial charge in [0.05, 0.1) is 16.6 Å². The predicted molar refractivity (Wildman–Crippen MR) is 105 cm³/mol. The van der Waals surface area contributed by atoms with E-state index in [0.29, 0.717) is 13.0 Å². The molecule has 1 N–H and O–H groups in total. The zero-order valence-electron chi connectivity index (χ0n) is 14.9. The van der Waals surface area contributed by atoms with E-state index in [2.05, 4.69) is 28.9 Å². The van der Waals surface area contributed by atoms with E-state index in [-0.39, 0.29) is 5.91 Å². The van der Waals surface area contributed by atoms with Crippen LogP contribution in [-0.2, 0) is 11.3 Å². The fourth-order valence-electron chi connectivity index (χ4n) is 3.32. The molecule has 0 unspecified atom stereocenters. The molecule has 4 aromatic rings. The molecule has 0 radical (unpaired) electrons. The van der Waals surface area contributed by atoms with Crippen LogP contribution in [0.2, 0.25) is 0 Å². The molecule has 0 atom stereocenters. The number of aryl methyl sites for hydroxylation is 1. The van der Waals surface area contributed by atoms with Gasteiger partial charge in [-0.05, 0) is 24.6 Å². The van der Waals surface area contributed by atoms with E-state index in [9.17, 15) is 4.79 Å². The molecule has 0 bridgehead atoms. The summed E-state index contributed by atoms with van der Waals surface area (Å²) >= 11 is 0. The van der Waals surface area contributed by atoms with Gasteiger partial charge in [-0.15, -0.1) is 0 Å². The van der Waals surface area contributed by atoms with Crippen molar-refractivity contribution in [3.8, 4) is 0 Å². The van der Waals surface area contributed by atoms with Crippen LogP contribution in [-0.4, -0.2) is 27.0 Å². The van der Waals surface area contributed by atoms with Crippen molar-refractivity contribution in [2.45, 2.75) is 32.7 Å². The highest BCUT2D eigenvalue weighted by Gasteiger charge is 2.14. The van der Waals surface area contributed by atoms with Gasteiger partial charge >= 0.3 is 0 Å². The lowest BCUT2D eigenvalue weighted by atomic mass is 10.2. The summed E-state index contributed by atoms with van der Waals surface area (Å²) in [4.78, 5) is 21.8. The molecule has 0 saturated heterocycles. The van der Waals surface area contributed by atoms with Crippen molar-refractivity contribution in [2.24, 2.45) is 0 Å². The van der Waals surface area contributed by atoms with Gasteiger partial charge in [-0.1, -0.05) is 43.7 Å². The summed E-state index contributed by atoms with van der Waals surface area (Å²) in [6.07, 6.45) is 2.53. The standard InChI is InChI=1S/C21H22N4O/c1-2-3-13-22-19(26)12-14-25-18-11-7-4-8-15(18)20-21(25)24-17-10-6-5-9-16(17)23-20/h4-11H,2-3,12-14H2,1H3,(H,22,26). The first-order valence-electron chi connectivity index (χ1n) is 9.18. The number of hydrogen-bond donors (Lipinski definition) is 1. The second kappa shape index (κ2) is 7.12. The SMILES string of the molecule is CCCCNC(=O)CCn1c2ccccc2c2nc3ccccc3nc21. The fraction of sp³-hybridized carbons (Fsp3) is 0.286. The summed E-state index contributed by atoms with van der Waals surface area (Å²) in [7, 11) is 0. The van der Waals surface area contributed by atoms with E-state index in [0.717, 1.165) is 52.5 Å². The van der Waals surface area contributed by atoms with Gasteiger partial charge in [0.25, 0.3) is 0 Å². The summed E-state index contributed by atoms with van der Waals surface area (Å²) in [6.45, 7) is 3.45. The molecule has 0 aliphatic heterocycles. The molecule has 0 fully saturated rings. The Morgan fingerprint density at radius 3 is 2.58 bits per heavy atom. The Morgan fingerprint density at radius 2 is 1.77 bits per heavy atom. The molecule has 5 nitrogen and oxygen atoms in total. The Morgan fingerprint density at radius 1 is 1.04 bits per heavy atom. The monoisotopic (exact) mass is 346 g/mol. The van der Waals surface area contributed by atoms with Crippen LogP contribution in [0.25, 0.3) is 33.1 Å². The van der Waals surface area contributed by atoms with Crippen LogP contribution in [0.1, 0.15) is 26.2 Å². The number of para-hydroxylation sites is 3. The van der Waals surface area contributed by atoms with Crippen molar-refractivity contribution < 1.29 is 4.79 Å². The van der Waals surface area contributed by atoms with E-state index in [4.69, 9.17) is 9.97 Å². The minimum absolute atomic E-state index is 0.0816. The highest BCUT2D eigenvalue weighted by Crippen LogP contribution is 2.28. The molecule has 2 aromatic carbocycles. The third kappa shape index (κ3) is 3.01. The van der Waals surface area contributed by atoms with Crippen LogP contribution in [0, 0.1) is 0 Å². The lowest BCUT2D eigenvalue weighted by molar-refractivity contribution is -0.121. The van der Waals surface area contributed by atoms with Crippen LogP contribution < -0.4 is 5.32 Å². The molecular formula is C21H22N4O. The molecule has 132 valence electrons. The van der Waals surface area contributed by atoms with Crippen molar-refractivity contribution in [2.75, 3.05) is 6.54 Å². The minimum Gasteiger partial charge on any atom is -0.356 e. The van der Waals surface area contributed by atoms with Gasteiger partial charge in [0.2, 0.25) is 5.91 Å². The normalized spacial score (nSPS) is 11.4. The maximum Gasteiger partial charge on any atom is 0.221 e. The van der Waals surface area contributed by atoms with E-state index in [1.165, 1.54) is 0 Å². The highest BCUT2D eigenvalue weighted by atomic mass is 16.1. The number of hydrogen-bond acceptors (Lipinski definition) is 3. The average molecular weight is 346 g/mol. The van der Waals surface area contributed by atoms with Gasteiger partial charge in [0, 0.05) is 24.9 Å². The van der Waals surface area contributed by atoms with Crippen LogP contribution in [0.4, 0.5) is 0 Å². The van der Waals surface area contributed by atoms with Gasteiger partial charge in [-0.25, -0.2) is 9.97 Å². The van der Waals surface area contributed by atoms with E-state index < -0.39 is 0 Å². The topological polar surface area (TPSA) is 59.8 Å². The number of nitrogens with zero attached hydrogens (tertiary/aromatic N) is 3. The Bertz CT molecular complexity index is 1080. The Labute approximate surface area is 152 Å². The molecule has 0 aliphatic rings. The number of fused-ring (bicyclic) bond motifs is 4. The first kappa shape index (κ1) is 16.5. The number of carbonyl (C=O) groups is 1. The zero-order chi connectivity index (χ0) is 17.9. The Kier molecular flexibility index (Phi) is 4.52. The van der Waals surface area contributed by atoms with Crippen LogP contribution >= 0.6 is 0 Å². The second-order valence-electron chi connectivity index (χ2n) is 6.51. The molecule has 0 saturated carbocycles. The maximum atomic E-state index is 12.1. The van der Waals surface area contributed by atoms with Gasteiger partial charge in [0.1, 0.15) is 5.52 Å². The maximum absolute atomic E-state index is 12.1. The molecular weight excluding hydrogens is 324 g/mol. The van der Waals surface area contributed by atoms with Crippen molar-refractivity contribution in [1.29, 1.82) is 0 Å². The first-order valence-corrected chi connectivity index (χ1v) is 9.18. The number of benzene rings is 2. The quantitative estimate of drug-likeness (QED) is 0.536. The van der Waals surface area contributed by atoms with Gasteiger partial charge in [-0.2, -0.15) is 0 Å². The van der Waals surface area contributed by atoms with Gasteiger partial charge < -0.3 is 9.88 Å². The minimum atomic E-state index is 0.0816. The summed E-state index contributed by atoms with van der Waals surface area (Å²) in [5.74, 6) is 0.0816. The number of rotatable bonds is 6. The predicted octanol–water partition coefficient (Wildman–Crippen LogP) is 4.04. The Balaban J connectivity index is 1.74. The van der Waals surface area contributed by atoms with E-state index in [1.54, 1.807) is 0 Å². The fourth-order valence-corrected chi connectivity index (χ4v) is 3.32. The van der Waals surface area contributed by atoms with E-state index >= 15 is 0 Å². The number of unbranched alkanes of at least 4 members (excludes halogenated alkanes) is 1. The van der Waals surface area contributed by atoms with E-state index in [1.807, 2.05) is 36.4 Å². The number of amides is 1. The summed E-state index contributed by atoms with van der Waals surface area (Å²) in [5, 5.41) is 4.06. The van der Waals surface area contributed by atoms with Crippen LogP contribution in [0.3, 0.4) is 0 Å². The average Bonchev–Trinajstić information content (AvgIpc) is 2.98. The second-order valence-corrected chi connectivity index (χ2v) is 6.51. The first-order chi connectivity index (χ1) is 12.8. The molecule has 1 amide bonds. The van der Waals surface area contributed by atoms with Crippen molar-refractivity contribution in [3.05, 3.63) is 48.5 Å². The van der Waals surface area contributed by atoms with Crippen molar-refractivity contribution in [3.63, 3.8) is 0 Å². The van der Waals surface area contributed by atoms with Crippen LogP contribution in [0.5, 0.6) is 0 Å². The molecule has 2 aromatic heterocycles. The summed E-state index contributed by atoms with van der Waals surface area (Å²) < 4.78 is 2.11. The third-order valence-electron chi connectivity index (χ3n) is 4.67. The molecule has 5 heteroatoms. The molecule has 0 spiro atoms. The van der Waals surface area contributed by atoms with Crippen molar-refractivity contribution >= 4 is 39.0 Å². The third-order valence-corrected chi connectivity index (χ3v) is 4.67. The molecule has 2 heterocycles. The highest BCUT2D eigenvalue weighted by molar-refractivity contribution is 6.06. The number of aromatic nitrogens is 3. The Hall–Kier alpha value is -2.95. The lowest BCUT2D eigenvalue weighted by Gasteiger charge is -2.08. The molecule has 0 aliphatic carbocycles. The smallest absolute Gasteiger partial charge is 0.221 e. The number of nitrogens with one attached hydrogen (secondary N) is 1. The molecule has 4 rings (SSSR count).